The number of aliphatic hydroxyl groups excluding tert-OH is 8. The minimum Gasteiger partial charge on any atom is -0.394 e. The van der Waals surface area contributed by atoms with Crippen LogP contribution in [0.15, 0.2) is 0 Å². The average Bonchev–Trinajstić information content (AvgIpc) is 2.87. The van der Waals surface area contributed by atoms with Crippen LogP contribution in [-0.4, -0.2) is 160 Å². The first-order chi connectivity index (χ1) is 17.6. The maximum Gasteiger partial charge on any atom is 0.176 e. The van der Waals surface area contributed by atoms with Crippen LogP contribution in [0.2, 0.25) is 19.6 Å². The molecule has 0 aliphatic carbocycles. The zero-order valence-electron chi connectivity index (χ0n) is 21.6. The molecule has 0 aromatic rings. The Morgan fingerprint density at radius 1 is 0.711 bits per heavy atom. The van der Waals surface area contributed by atoms with Gasteiger partial charge in [0.1, 0.15) is 54.1 Å². The SMILES string of the molecule is C[Si](C)(C)[C@@]1(CO)O[C@H](OC2[C@@H](CO)O[C@@H](OC3[C@@H](CO)O[C@@H](O)[C@H](N)[C@H]3O)[C@H](N)[C@H]2O)[C@H](N)[C@@H](O)[C@@H]1O. The largest absolute Gasteiger partial charge is 0.394 e. The van der Waals surface area contributed by atoms with Crippen molar-refractivity contribution in [3.8, 4) is 0 Å². The van der Waals surface area contributed by atoms with Gasteiger partial charge in [-0.25, -0.2) is 0 Å². The van der Waals surface area contributed by atoms with Crippen LogP contribution in [0.5, 0.6) is 0 Å². The van der Waals surface area contributed by atoms with Crippen molar-refractivity contribution in [2.24, 2.45) is 17.2 Å². The van der Waals surface area contributed by atoms with Crippen molar-refractivity contribution in [2.75, 3.05) is 19.8 Å². The molecule has 17 heteroatoms. The van der Waals surface area contributed by atoms with Crippen molar-refractivity contribution in [1.29, 1.82) is 0 Å². The summed E-state index contributed by atoms with van der Waals surface area (Å²) in [7, 11) is -2.56. The van der Waals surface area contributed by atoms with Crippen molar-refractivity contribution in [2.45, 2.75) is 111 Å². The fraction of sp³-hybridized carbons (Fsp3) is 1.00. The fourth-order valence-corrected chi connectivity index (χ4v) is 7.07. The zero-order valence-corrected chi connectivity index (χ0v) is 22.6. The summed E-state index contributed by atoms with van der Waals surface area (Å²) in [5.74, 6) is 0. The molecule has 0 bridgehead atoms. The van der Waals surface area contributed by atoms with Crippen LogP contribution in [-0.2, 0) is 23.7 Å². The molecule has 224 valence electrons. The van der Waals surface area contributed by atoms with E-state index >= 15 is 0 Å². The van der Waals surface area contributed by atoms with E-state index in [-0.39, 0.29) is 0 Å². The van der Waals surface area contributed by atoms with Crippen LogP contribution in [0.25, 0.3) is 0 Å². The van der Waals surface area contributed by atoms with Gasteiger partial charge < -0.3 is 81.7 Å². The minimum atomic E-state index is -2.56. The molecule has 0 spiro atoms. The summed E-state index contributed by atoms with van der Waals surface area (Å²) in [5.41, 5.74) is 18.0. The highest BCUT2D eigenvalue weighted by Gasteiger charge is 2.60. The quantitative estimate of drug-likeness (QED) is 0.120. The summed E-state index contributed by atoms with van der Waals surface area (Å²) < 4.78 is 28.5. The molecule has 3 fully saturated rings. The molecule has 0 aromatic heterocycles. The second kappa shape index (κ2) is 12.2. The Morgan fingerprint density at radius 3 is 1.68 bits per heavy atom. The molecular formula is C21H43N3O13Si. The van der Waals surface area contributed by atoms with E-state index in [0.29, 0.717) is 0 Å². The number of ether oxygens (including phenoxy) is 5. The number of hydrogen-bond donors (Lipinski definition) is 11. The highest BCUT2D eigenvalue weighted by atomic mass is 28.3. The predicted octanol–water partition coefficient (Wildman–Crippen LogP) is -6.43. The van der Waals surface area contributed by atoms with E-state index in [1.807, 2.05) is 19.6 Å². The van der Waals surface area contributed by atoms with E-state index in [9.17, 15) is 40.9 Å². The van der Waals surface area contributed by atoms with Gasteiger partial charge in [0.25, 0.3) is 0 Å². The summed E-state index contributed by atoms with van der Waals surface area (Å²) in [6.07, 6.45) is -15.7. The lowest BCUT2D eigenvalue weighted by molar-refractivity contribution is -0.352. The number of rotatable bonds is 8. The van der Waals surface area contributed by atoms with Gasteiger partial charge in [-0.3, -0.25) is 0 Å². The van der Waals surface area contributed by atoms with Crippen LogP contribution in [0.3, 0.4) is 0 Å². The lowest BCUT2D eigenvalue weighted by atomic mass is 9.94. The van der Waals surface area contributed by atoms with Crippen molar-refractivity contribution < 1.29 is 64.5 Å². The highest BCUT2D eigenvalue weighted by molar-refractivity contribution is 6.79. The molecule has 2 unspecified atom stereocenters. The molecule has 3 heterocycles. The molecule has 3 rings (SSSR count). The number of nitrogens with two attached hydrogens (primary N) is 3. The molecule has 16 nitrogen and oxygen atoms in total. The topological polar surface area (TPSA) is 286 Å². The Hall–Kier alpha value is -0.423. The van der Waals surface area contributed by atoms with Crippen molar-refractivity contribution >= 4 is 8.07 Å². The third kappa shape index (κ3) is 5.67. The minimum absolute atomic E-state index is 0.634. The number of hydrogen-bond acceptors (Lipinski definition) is 16. The Bertz CT molecular complexity index is 779. The molecule has 38 heavy (non-hydrogen) atoms. The summed E-state index contributed by atoms with van der Waals surface area (Å²) in [5, 5.41) is 80.9. The van der Waals surface area contributed by atoms with E-state index in [0.717, 1.165) is 0 Å². The van der Waals surface area contributed by atoms with Gasteiger partial charge >= 0.3 is 0 Å². The van der Waals surface area contributed by atoms with Gasteiger partial charge in [0, 0.05) is 0 Å². The molecule has 14 N–H and O–H groups in total. The average molecular weight is 574 g/mol. The van der Waals surface area contributed by atoms with Gasteiger partial charge in [-0.1, -0.05) is 19.6 Å². The molecule has 15 atom stereocenters. The van der Waals surface area contributed by atoms with E-state index in [1.165, 1.54) is 0 Å². The first kappa shape index (κ1) is 32.1. The molecule has 3 aliphatic heterocycles. The van der Waals surface area contributed by atoms with Gasteiger partial charge in [-0.15, -0.1) is 0 Å². The third-order valence-corrected chi connectivity index (χ3v) is 10.9. The van der Waals surface area contributed by atoms with Crippen LogP contribution >= 0.6 is 0 Å². The van der Waals surface area contributed by atoms with Gasteiger partial charge in [0.2, 0.25) is 0 Å². The summed E-state index contributed by atoms with van der Waals surface area (Å²) >= 11 is 0. The van der Waals surface area contributed by atoms with Crippen LogP contribution in [0.1, 0.15) is 0 Å². The first-order valence-corrected chi connectivity index (χ1v) is 15.9. The smallest absolute Gasteiger partial charge is 0.176 e. The third-order valence-electron chi connectivity index (χ3n) is 7.74. The first-order valence-electron chi connectivity index (χ1n) is 12.4. The second-order valence-electron chi connectivity index (χ2n) is 11.1. The van der Waals surface area contributed by atoms with E-state index in [4.69, 9.17) is 40.9 Å². The van der Waals surface area contributed by atoms with E-state index in [2.05, 4.69) is 0 Å². The Balaban J connectivity index is 1.80. The normalized spacial score (nSPS) is 50.7. The molecular weight excluding hydrogens is 530 g/mol. The molecule has 0 aromatic carbocycles. The molecule has 0 saturated carbocycles. The Labute approximate surface area is 220 Å². The summed E-state index contributed by atoms with van der Waals surface area (Å²) in [6, 6.07) is -3.92. The highest BCUT2D eigenvalue weighted by Crippen LogP contribution is 2.38. The van der Waals surface area contributed by atoms with Gasteiger partial charge in [0.05, 0.1) is 46.0 Å². The predicted molar refractivity (Wildman–Crippen MR) is 129 cm³/mol. The maximum absolute atomic E-state index is 11.0. The second-order valence-corrected chi connectivity index (χ2v) is 16.5. The van der Waals surface area contributed by atoms with Crippen molar-refractivity contribution in [3.05, 3.63) is 0 Å². The van der Waals surface area contributed by atoms with Crippen LogP contribution < -0.4 is 17.2 Å². The lowest BCUT2D eigenvalue weighted by Gasteiger charge is -2.55. The number of aliphatic hydroxyl groups is 8. The summed E-state index contributed by atoms with van der Waals surface area (Å²) in [4.78, 5) is 0. The van der Waals surface area contributed by atoms with E-state index < -0.39 is 119 Å². The van der Waals surface area contributed by atoms with Gasteiger partial charge in [-0.2, -0.15) is 0 Å². The van der Waals surface area contributed by atoms with Crippen LogP contribution in [0, 0.1) is 0 Å². The Morgan fingerprint density at radius 2 is 1.18 bits per heavy atom. The molecule has 0 amide bonds. The zero-order chi connectivity index (χ0) is 28.7. The Kier molecular flexibility index (Phi) is 10.3. The van der Waals surface area contributed by atoms with E-state index in [1.54, 1.807) is 0 Å². The standard InChI is InChI=1S/C21H43N3O13Si/c1-38(2,3)21(6-27)17(31)14(30)11(24)20(37-21)36-16-8(5-26)34-19(10(23)13(16)29)35-15-7(4-25)33-18(32)9(22)12(15)28/h7-20,25-32H,4-6,22-24H2,1-3H3/t7-,8-,9-,10-,11-,12-,13-,14-,15?,16?,17+,18-,19+,20+,21-/m1/s1. The maximum atomic E-state index is 11.0. The van der Waals surface area contributed by atoms with Crippen LogP contribution in [0.4, 0.5) is 0 Å². The molecule has 3 saturated heterocycles. The molecule has 3 aliphatic rings. The lowest BCUT2D eigenvalue weighted by Crippen LogP contribution is -2.76. The summed E-state index contributed by atoms with van der Waals surface area (Å²) in [6.45, 7) is 3.45. The van der Waals surface area contributed by atoms with Crippen molar-refractivity contribution in [3.63, 3.8) is 0 Å². The molecule has 0 radical (unpaired) electrons. The van der Waals surface area contributed by atoms with Crippen molar-refractivity contribution in [1.82, 2.24) is 0 Å². The van der Waals surface area contributed by atoms with Gasteiger partial charge in [0.15, 0.2) is 18.9 Å². The fourth-order valence-electron chi connectivity index (χ4n) is 5.07. The monoisotopic (exact) mass is 573 g/mol. The van der Waals surface area contributed by atoms with Gasteiger partial charge in [-0.05, 0) is 0 Å².